The van der Waals surface area contributed by atoms with Gasteiger partial charge in [-0.15, -0.1) is 0 Å². The fourth-order valence-electron chi connectivity index (χ4n) is 2.10. The molecule has 0 saturated carbocycles. The van der Waals surface area contributed by atoms with Crippen LogP contribution < -0.4 is 5.32 Å². The van der Waals surface area contributed by atoms with Gasteiger partial charge in [-0.05, 0) is 19.3 Å². The Labute approximate surface area is 106 Å². The summed E-state index contributed by atoms with van der Waals surface area (Å²) in [6, 6.07) is -1.49. The van der Waals surface area contributed by atoms with Crippen LogP contribution in [0.5, 0.6) is 0 Å². The maximum Gasteiger partial charge on any atom is 0.320 e. The van der Waals surface area contributed by atoms with Gasteiger partial charge in [0.2, 0.25) is 11.8 Å². The molecule has 0 aromatic carbocycles. The second kappa shape index (κ2) is 5.95. The standard InChI is InChI=1S/C12H20N2O4/c1-4-14-10(15)6-8(11(14)16)13-9(12(17)18)5-7(2)3/h7-9,13H,4-6H2,1-3H3,(H,17,18). The van der Waals surface area contributed by atoms with E-state index in [2.05, 4.69) is 5.32 Å². The van der Waals surface area contributed by atoms with Crippen LogP contribution in [0, 0.1) is 5.92 Å². The minimum Gasteiger partial charge on any atom is -0.480 e. The number of carbonyl (C=O) groups excluding carboxylic acids is 2. The monoisotopic (exact) mass is 256 g/mol. The molecule has 1 saturated heterocycles. The van der Waals surface area contributed by atoms with E-state index in [0.717, 1.165) is 4.90 Å². The van der Waals surface area contributed by atoms with Gasteiger partial charge in [0.05, 0.1) is 12.5 Å². The lowest BCUT2D eigenvalue weighted by atomic mass is 10.0. The summed E-state index contributed by atoms with van der Waals surface area (Å²) < 4.78 is 0. The van der Waals surface area contributed by atoms with Crippen molar-refractivity contribution < 1.29 is 19.5 Å². The molecule has 2 N–H and O–H groups in total. The third-order valence-corrected chi connectivity index (χ3v) is 2.97. The number of carboxylic acids is 1. The first kappa shape index (κ1) is 14.6. The van der Waals surface area contributed by atoms with Crippen molar-refractivity contribution in [2.45, 2.75) is 45.7 Å². The lowest BCUT2D eigenvalue weighted by Gasteiger charge is -2.20. The summed E-state index contributed by atoms with van der Waals surface area (Å²) >= 11 is 0. The molecule has 2 atom stereocenters. The zero-order valence-electron chi connectivity index (χ0n) is 11.0. The molecule has 0 spiro atoms. The van der Waals surface area contributed by atoms with Crippen molar-refractivity contribution in [1.82, 2.24) is 10.2 Å². The fraction of sp³-hybridized carbons (Fsp3) is 0.750. The van der Waals surface area contributed by atoms with Crippen LogP contribution in [-0.4, -0.2) is 46.4 Å². The van der Waals surface area contributed by atoms with Gasteiger partial charge in [-0.2, -0.15) is 0 Å². The van der Waals surface area contributed by atoms with Crippen LogP contribution in [-0.2, 0) is 14.4 Å². The van der Waals surface area contributed by atoms with E-state index in [0.29, 0.717) is 13.0 Å². The number of nitrogens with zero attached hydrogens (tertiary/aromatic N) is 1. The number of imide groups is 1. The minimum absolute atomic E-state index is 0.0501. The summed E-state index contributed by atoms with van der Waals surface area (Å²) in [6.07, 6.45) is 0.480. The van der Waals surface area contributed by atoms with Crippen LogP contribution in [0.3, 0.4) is 0 Å². The van der Waals surface area contributed by atoms with Gasteiger partial charge in [0, 0.05) is 6.54 Å². The topological polar surface area (TPSA) is 86.7 Å². The Kier molecular flexibility index (Phi) is 4.84. The van der Waals surface area contributed by atoms with Gasteiger partial charge in [0.1, 0.15) is 6.04 Å². The maximum absolute atomic E-state index is 11.8. The predicted molar refractivity (Wildman–Crippen MR) is 64.8 cm³/mol. The number of hydrogen-bond acceptors (Lipinski definition) is 4. The van der Waals surface area contributed by atoms with E-state index in [9.17, 15) is 14.4 Å². The number of nitrogens with one attached hydrogen (secondary N) is 1. The lowest BCUT2D eigenvalue weighted by Crippen LogP contribution is -2.47. The Morgan fingerprint density at radius 1 is 1.50 bits per heavy atom. The van der Waals surface area contributed by atoms with Gasteiger partial charge in [-0.1, -0.05) is 13.8 Å². The quantitative estimate of drug-likeness (QED) is 0.664. The molecule has 1 fully saturated rings. The molecule has 0 aliphatic carbocycles. The van der Waals surface area contributed by atoms with E-state index in [1.54, 1.807) is 6.92 Å². The molecule has 1 heterocycles. The Bertz CT molecular complexity index is 354. The summed E-state index contributed by atoms with van der Waals surface area (Å²) in [5.41, 5.74) is 0. The van der Waals surface area contributed by atoms with Crippen LogP contribution in [0.1, 0.15) is 33.6 Å². The molecule has 2 amide bonds. The number of aliphatic carboxylic acids is 1. The number of carboxylic acid groups (broad SMARTS) is 1. The van der Waals surface area contributed by atoms with E-state index in [1.165, 1.54) is 0 Å². The summed E-state index contributed by atoms with van der Waals surface area (Å²) in [5.74, 6) is -1.35. The van der Waals surface area contributed by atoms with Crippen LogP contribution in [0.2, 0.25) is 0 Å². The molecule has 0 radical (unpaired) electrons. The van der Waals surface area contributed by atoms with E-state index in [4.69, 9.17) is 5.11 Å². The second-order valence-corrected chi connectivity index (χ2v) is 4.92. The summed E-state index contributed by atoms with van der Waals surface area (Å²) in [6.45, 7) is 5.88. The Balaban J connectivity index is 2.68. The Morgan fingerprint density at radius 2 is 2.11 bits per heavy atom. The predicted octanol–water partition coefficient (Wildman–Crippen LogP) is 0.223. The molecular formula is C12H20N2O4. The molecule has 0 bridgehead atoms. The number of likely N-dealkylation sites (tertiary alicyclic amines) is 1. The van der Waals surface area contributed by atoms with Crippen LogP contribution in [0.4, 0.5) is 0 Å². The van der Waals surface area contributed by atoms with E-state index in [-0.39, 0.29) is 24.2 Å². The minimum atomic E-state index is -0.987. The molecule has 102 valence electrons. The molecule has 0 aromatic heterocycles. The zero-order valence-corrected chi connectivity index (χ0v) is 11.0. The summed E-state index contributed by atoms with van der Waals surface area (Å²) in [7, 11) is 0. The average molecular weight is 256 g/mol. The molecule has 18 heavy (non-hydrogen) atoms. The smallest absolute Gasteiger partial charge is 0.320 e. The third kappa shape index (κ3) is 3.29. The lowest BCUT2D eigenvalue weighted by molar-refractivity contribution is -0.140. The highest BCUT2D eigenvalue weighted by Gasteiger charge is 2.39. The SMILES string of the molecule is CCN1C(=O)CC(NC(CC(C)C)C(=O)O)C1=O. The largest absolute Gasteiger partial charge is 0.480 e. The third-order valence-electron chi connectivity index (χ3n) is 2.97. The first-order chi connectivity index (χ1) is 8.36. The number of amides is 2. The number of hydrogen-bond donors (Lipinski definition) is 2. The normalized spacial score (nSPS) is 21.8. The first-order valence-corrected chi connectivity index (χ1v) is 6.19. The zero-order chi connectivity index (χ0) is 13.9. The maximum atomic E-state index is 11.8. The van der Waals surface area contributed by atoms with Gasteiger partial charge in [0.25, 0.3) is 0 Å². The molecule has 6 nitrogen and oxygen atoms in total. The van der Waals surface area contributed by atoms with Gasteiger partial charge < -0.3 is 5.11 Å². The molecule has 2 unspecified atom stereocenters. The van der Waals surface area contributed by atoms with Crippen molar-refractivity contribution in [2.75, 3.05) is 6.54 Å². The van der Waals surface area contributed by atoms with Crippen molar-refractivity contribution in [2.24, 2.45) is 5.92 Å². The summed E-state index contributed by atoms with van der Waals surface area (Å²) in [5, 5.41) is 11.9. The molecular weight excluding hydrogens is 236 g/mol. The number of rotatable bonds is 6. The molecule has 1 aliphatic rings. The molecule has 0 aromatic rings. The highest BCUT2D eigenvalue weighted by molar-refractivity contribution is 6.05. The highest BCUT2D eigenvalue weighted by atomic mass is 16.4. The van der Waals surface area contributed by atoms with E-state index < -0.39 is 18.1 Å². The van der Waals surface area contributed by atoms with E-state index in [1.807, 2.05) is 13.8 Å². The van der Waals surface area contributed by atoms with Crippen LogP contribution >= 0.6 is 0 Å². The van der Waals surface area contributed by atoms with Crippen LogP contribution in [0.25, 0.3) is 0 Å². The van der Waals surface area contributed by atoms with Crippen molar-refractivity contribution >= 4 is 17.8 Å². The first-order valence-electron chi connectivity index (χ1n) is 6.19. The van der Waals surface area contributed by atoms with Crippen molar-refractivity contribution in [3.05, 3.63) is 0 Å². The van der Waals surface area contributed by atoms with Crippen molar-refractivity contribution in [3.8, 4) is 0 Å². The molecule has 6 heteroatoms. The van der Waals surface area contributed by atoms with Crippen molar-refractivity contribution in [3.63, 3.8) is 0 Å². The number of likely N-dealkylation sites (N-methyl/N-ethyl adjacent to an activating group) is 1. The average Bonchev–Trinajstić information content (AvgIpc) is 2.52. The van der Waals surface area contributed by atoms with E-state index >= 15 is 0 Å². The van der Waals surface area contributed by atoms with Gasteiger partial charge in [0.15, 0.2) is 0 Å². The van der Waals surface area contributed by atoms with Gasteiger partial charge >= 0.3 is 5.97 Å². The number of carbonyl (C=O) groups is 3. The highest BCUT2D eigenvalue weighted by Crippen LogP contribution is 2.15. The summed E-state index contributed by atoms with van der Waals surface area (Å²) in [4.78, 5) is 35.6. The second-order valence-electron chi connectivity index (χ2n) is 4.92. The van der Waals surface area contributed by atoms with Crippen molar-refractivity contribution in [1.29, 1.82) is 0 Å². The van der Waals surface area contributed by atoms with Gasteiger partial charge in [-0.25, -0.2) is 0 Å². The molecule has 1 rings (SSSR count). The fourth-order valence-corrected chi connectivity index (χ4v) is 2.10. The van der Waals surface area contributed by atoms with Crippen LogP contribution in [0.15, 0.2) is 0 Å². The van der Waals surface area contributed by atoms with Gasteiger partial charge in [-0.3, -0.25) is 24.6 Å². The Morgan fingerprint density at radius 3 is 2.50 bits per heavy atom. The molecule has 1 aliphatic heterocycles. The Hall–Kier alpha value is -1.43.